The summed E-state index contributed by atoms with van der Waals surface area (Å²) in [5.74, 6) is -0.386. The van der Waals surface area contributed by atoms with Crippen molar-refractivity contribution in [1.82, 2.24) is 5.32 Å². The number of hydrogen-bond acceptors (Lipinski definition) is 2. The zero-order valence-corrected chi connectivity index (χ0v) is 15.9. The predicted molar refractivity (Wildman–Crippen MR) is 103 cm³/mol. The number of nitrogens with zero attached hydrogens (tertiary/aromatic N) is 1. The van der Waals surface area contributed by atoms with Gasteiger partial charge in [0, 0.05) is 34.7 Å². The summed E-state index contributed by atoms with van der Waals surface area (Å²) in [4.78, 5) is 26.2. The minimum Gasteiger partial charge on any atom is -0.355 e. The van der Waals surface area contributed by atoms with E-state index in [4.69, 9.17) is 11.6 Å². The van der Waals surface area contributed by atoms with Crippen molar-refractivity contribution in [3.8, 4) is 0 Å². The molecule has 0 radical (unpaired) electrons. The minimum atomic E-state index is -0.304. The largest absolute Gasteiger partial charge is 0.355 e. The maximum absolute atomic E-state index is 12.3. The SMILES string of the molecule is O=C(NCCc1ccc(Cl)cc1)[C@H]1CC(=O)N(c2ccc(Br)cc2)C1. The summed E-state index contributed by atoms with van der Waals surface area (Å²) in [6, 6.07) is 15.1. The van der Waals surface area contributed by atoms with Crippen molar-refractivity contribution >= 4 is 45.0 Å². The van der Waals surface area contributed by atoms with Crippen LogP contribution in [0.1, 0.15) is 12.0 Å². The second-order valence-electron chi connectivity index (χ2n) is 6.05. The Morgan fingerprint density at radius 3 is 2.52 bits per heavy atom. The Morgan fingerprint density at radius 1 is 1.16 bits per heavy atom. The lowest BCUT2D eigenvalue weighted by molar-refractivity contribution is -0.126. The third-order valence-electron chi connectivity index (χ3n) is 4.26. The smallest absolute Gasteiger partial charge is 0.227 e. The number of anilines is 1. The Kier molecular flexibility index (Phi) is 5.76. The molecule has 1 aliphatic heterocycles. The van der Waals surface area contributed by atoms with Gasteiger partial charge in [0.05, 0.1) is 5.92 Å². The van der Waals surface area contributed by atoms with Crippen molar-refractivity contribution in [1.29, 1.82) is 0 Å². The van der Waals surface area contributed by atoms with Crippen LogP contribution in [-0.2, 0) is 16.0 Å². The zero-order chi connectivity index (χ0) is 17.8. The number of amides is 2. The van der Waals surface area contributed by atoms with Crippen molar-refractivity contribution in [2.45, 2.75) is 12.8 Å². The third kappa shape index (κ3) is 4.61. The van der Waals surface area contributed by atoms with Gasteiger partial charge in [0.25, 0.3) is 0 Å². The summed E-state index contributed by atoms with van der Waals surface area (Å²) < 4.78 is 0.958. The van der Waals surface area contributed by atoms with E-state index in [-0.39, 0.29) is 24.2 Å². The summed E-state index contributed by atoms with van der Waals surface area (Å²) in [5, 5.41) is 3.63. The first-order valence-electron chi connectivity index (χ1n) is 8.11. The molecular formula is C19H18BrClN2O2. The van der Waals surface area contributed by atoms with Crippen molar-refractivity contribution in [2.75, 3.05) is 18.0 Å². The van der Waals surface area contributed by atoms with Gasteiger partial charge in [0.1, 0.15) is 0 Å². The molecule has 0 aliphatic carbocycles. The highest BCUT2D eigenvalue weighted by molar-refractivity contribution is 9.10. The molecule has 3 rings (SSSR count). The molecule has 6 heteroatoms. The number of carbonyl (C=O) groups is 2. The lowest BCUT2D eigenvalue weighted by Crippen LogP contribution is -2.34. The number of halogens is 2. The fraction of sp³-hybridized carbons (Fsp3) is 0.263. The molecule has 0 bridgehead atoms. The van der Waals surface area contributed by atoms with Gasteiger partial charge in [-0.25, -0.2) is 0 Å². The molecule has 25 heavy (non-hydrogen) atoms. The van der Waals surface area contributed by atoms with Gasteiger partial charge in [-0.1, -0.05) is 39.7 Å². The molecule has 1 aliphatic rings. The van der Waals surface area contributed by atoms with Gasteiger partial charge in [-0.05, 0) is 48.4 Å². The molecular weight excluding hydrogens is 404 g/mol. The first-order chi connectivity index (χ1) is 12.0. The zero-order valence-electron chi connectivity index (χ0n) is 13.5. The molecule has 0 unspecified atom stereocenters. The van der Waals surface area contributed by atoms with Gasteiger partial charge >= 0.3 is 0 Å². The van der Waals surface area contributed by atoms with Crippen molar-refractivity contribution in [3.05, 3.63) is 63.6 Å². The summed E-state index contributed by atoms with van der Waals surface area (Å²) in [7, 11) is 0. The topological polar surface area (TPSA) is 49.4 Å². The highest BCUT2D eigenvalue weighted by Gasteiger charge is 2.34. The van der Waals surface area contributed by atoms with Crippen LogP contribution in [0.15, 0.2) is 53.0 Å². The molecule has 4 nitrogen and oxygen atoms in total. The van der Waals surface area contributed by atoms with Gasteiger partial charge < -0.3 is 10.2 Å². The number of rotatable bonds is 5. The van der Waals surface area contributed by atoms with Crippen LogP contribution in [-0.4, -0.2) is 24.9 Å². The highest BCUT2D eigenvalue weighted by Crippen LogP contribution is 2.26. The molecule has 2 amide bonds. The summed E-state index contributed by atoms with van der Waals surface area (Å²) in [6.45, 7) is 0.969. The Labute approximate surface area is 160 Å². The maximum atomic E-state index is 12.3. The number of benzene rings is 2. The molecule has 1 fully saturated rings. The van der Waals surface area contributed by atoms with E-state index in [1.807, 2.05) is 48.5 Å². The first-order valence-corrected chi connectivity index (χ1v) is 9.28. The molecule has 0 spiro atoms. The van der Waals surface area contributed by atoms with Crippen LogP contribution in [0.4, 0.5) is 5.69 Å². The van der Waals surface area contributed by atoms with E-state index in [2.05, 4.69) is 21.2 Å². The lowest BCUT2D eigenvalue weighted by Gasteiger charge is -2.16. The van der Waals surface area contributed by atoms with E-state index in [0.717, 1.165) is 22.1 Å². The normalized spacial score (nSPS) is 17.0. The lowest BCUT2D eigenvalue weighted by atomic mass is 10.1. The molecule has 1 atom stereocenters. The summed E-state index contributed by atoms with van der Waals surface area (Å²) in [6.07, 6.45) is 0.989. The fourth-order valence-electron chi connectivity index (χ4n) is 2.88. The average Bonchev–Trinajstić information content (AvgIpc) is 2.99. The Bertz CT molecular complexity index is 762. The summed E-state index contributed by atoms with van der Waals surface area (Å²) >= 11 is 9.24. The average molecular weight is 422 g/mol. The van der Waals surface area contributed by atoms with Crippen LogP contribution in [0, 0.1) is 5.92 Å². The summed E-state index contributed by atoms with van der Waals surface area (Å²) in [5.41, 5.74) is 1.94. The molecule has 1 saturated heterocycles. The maximum Gasteiger partial charge on any atom is 0.227 e. The van der Waals surface area contributed by atoms with E-state index in [9.17, 15) is 9.59 Å². The van der Waals surface area contributed by atoms with Crippen molar-refractivity contribution in [3.63, 3.8) is 0 Å². The van der Waals surface area contributed by atoms with Crippen molar-refractivity contribution < 1.29 is 9.59 Å². The number of carbonyl (C=O) groups excluding carboxylic acids is 2. The highest BCUT2D eigenvalue weighted by atomic mass is 79.9. The molecule has 0 aromatic heterocycles. The van der Waals surface area contributed by atoms with E-state index >= 15 is 0 Å². The van der Waals surface area contributed by atoms with Gasteiger partial charge in [0.2, 0.25) is 11.8 Å². The number of hydrogen-bond donors (Lipinski definition) is 1. The minimum absolute atomic E-state index is 0.0137. The number of nitrogens with one attached hydrogen (secondary N) is 1. The van der Waals surface area contributed by atoms with Crippen LogP contribution in [0.2, 0.25) is 5.02 Å². The van der Waals surface area contributed by atoms with Gasteiger partial charge in [0.15, 0.2) is 0 Å². The molecule has 130 valence electrons. The van der Waals surface area contributed by atoms with E-state index < -0.39 is 0 Å². The van der Waals surface area contributed by atoms with Gasteiger partial charge in [-0.15, -0.1) is 0 Å². The van der Waals surface area contributed by atoms with Gasteiger partial charge in [-0.3, -0.25) is 9.59 Å². The second-order valence-corrected chi connectivity index (χ2v) is 7.40. The van der Waals surface area contributed by atoms with Crippen molar-refractivity contribution in [2.24, 2.45) is 5.92 Å². The first kappa shape index (κ1) is 18.0. The molecule has 0 saturated carbocycles. The van der Waals surface area contributed by atoms with E-state index in [1.165, 1.54) is 0 Å². The van der Waals surface area contributed by atoms with E-state index in [1.54, 1.807) is 4.90 Å². The van der Waals surface area contributed by atoms with Crippen LogP contribution < -0.4 is 10.2 Å². The Morgan fingerprint density at radius 2 is 1.84 bits per heavy atom. The quantitative estimate of drug-likeness (QED) is 0.798. The second kappa shape index (κ2) is 8.02. The fourth-order valence-corrected chi connectivity index (χ4v) is 3.27. The molecule has 1 N–H and O–H groups in total. The standard InChI is InChI=1S/C19H18BrClN2O2/c20-15-3-7-17(8-4-15)23-12-14(11-18(23)24)19(25)22-10-9-13-1-5-16(21)6-2-13/h1-8,14H,9-12H2,(H,22,25)/t14-/m0/s1. The third-order valence-corrected chi connectivity index (χ3v) is 5.04. The van der Waals surface area contributed by atoms with Gasteiger partial charge in [-0.2, -0.15) is 0 Å². The Balaban J connectivity index is 1.52. The monoisotopic (exact) mass is 420 g/mol. The predicted octanol–water partition coefficient (Wildman–Crippen LogP) is 3.81. The molecule has 2 aromatic carbocycles. The van der Waals surface area contributed by atoms with Crippen LogP contribution in [0.25, 0.3) is 0 Å². The van der Waals surface area contributed by atoms with Crippen LogP contribution >= 0.6 is 27.5 Å². The van der Waals surface area contributed by atoms with Crippen LogP contribution in [0.3, 0.4) is 0 Å². The molecule has 2 aromatic rings. The Hall–Kier alpha value is -1.85. The van der Waals surface area contributed by atoms with E-state index in [0.29, 0.717) is 18.1 Å². The molecule has 1 heterocycles. The van der Waals surface area contributed by atoms with Crippen LogP contribution in [0.5, 0.6) is 0 Å².